The summed E-state index contributed by atoms with van der Waals surface area (Å²) >= 11 is 0. The molecule has 69 heavy (non-hydrogen) atoms. The number of carbonyl (C=O) groups is 7. The summed E-state index contributed by atoms with van der Waals surface area (Å²) in [6.07, 6.45) is 0.386. The van der Waals surface area contributed by atoms with Crippen LogP contribution in [0, 0.1) is 17.8 Å². The Kier molecular flexibility index (Phi) is 23.9. The van der Waals surface area contributed by atoms with E-state index in [4.69, 9.17) is 19.9 Å². The molecule has 1 heterocycles. The molecule has 2 aromatic carbocycles. The number of ether oxygens (including phenoxy) is 3. The van der Waals surface area contributed by atoms with Crippen LogP contribution in [0.5, 0.6) is 0 Å². The van der Waals surface area contributed by atoms with Crippen molar-refractivity contribution >= 4 is 47.3 Å². The van der Waals surface area contributed by atoms with Crippen molar-refractivity contribution in [2.24, 2.45) is 23.5 Å². The molecule has 0 bridgehead atoms. The molecule has 9 atom stereocenters. The number of urea groups is 1. The summed E-state index contributed by atoms with van der Waals surface area (Å²) in [4.78, 5) is 96.0. The minimum absolute atomic E-state index is 0.0492. The van der Waals surface area contributed by atoms with E-state index in [9.17, 15) is 38.7 Å². The lowest BCUT2D eigenvalue weighted by molar-refractivity contribution is -0.146. The quantitative estimate of drug-likeness (QED) is 0.0688. The molecule has 2 unspecified atom stereocenters. The van der Waals surface area contributed by atoms with E-state index in [1.54, 1.807) is 76.0 Å². The number of methoxy groups -OCH3 is 2. The van der Waals surface area contributed by atoms with Crippen molar-refractivity contribution < 1.29 is 52.9 Å². The molecule has 1 aliphatic heterocycles. The second kappa shape index (κ2) is 28.6. The van der Waals surface area contributed by atoms with Gasteiger partial charge in [0.25, 0.3) is 0 Å². The summed E-state index contributed by atoms with van der Waals surface area (Å²) in [6.45, 7) is 11.4. The number of aliphatic hydroxyl groups is 1. The molecular formula is C50H78N8O11. The number of nitrogens with one attached hydrogen (secondary N) is 4. The lowest BCUT2D eigenvalue weighted by atomic mass is 9.90. The van der Waals surface area contributed by atoms with Gasteiger partial charge in [-0.2, -0.15) is 0 Å². The van der Waals surface area contributed by atoms with Crippen LogP contribution in [0.15, 0.2) is 54.6 Å². The maximum Gasteiger partial charge on any atom is 0.410 e. The smallest absolute Gasteiger partial charge is 0.410 e. The number of amides is 8. The Morgan fingerprint density at radius 2 is 1.54 bits per heavy atom. The molecule has 0 spiro atoms. The highest BCUT2D eigenvalue weighted by Gasteiger charge is 2.42. The van der Waals surface area contributed by atoms with Crippen molar-refractivity contribution in [2.45, 2.75) is 136 Å². The number of nitrogens with zero attached hydrogens (tertiary/aromatic N) is 3. The molecule has 19 heteroatoms. The predicted octanol–water partition coefficient (Wildman–Crippen LogP) is 4.33. The molecule has 19 nitrogen and oxygen atoms in total. The van der Waals surface area contributed by atoms with Gasteiger partial charge in [0.1, 0.15) is 12.6 Å². The topological polar surface area (TPSA) is 251 Å². The zero-order valence-electron chi connectivity index (χ0n) is 42.2. The third kappa shape index (κ3) is 17.3. The fourth-order valence-electron chi connectivity index (χ4n) is 8.91. The molecule has 8 amide bonds. The molecule has 1 aliphatic rings. The van der Waals surface area contributed by atoms with E-state index in [0.29, 0.717) is 62.0 Å². The molecule has 7 N–H and O–H groups in total. The molecule has 0 radical (unpaired) electrons. The van der Waals surface area contributed by atoms with E-state index >= 15 is 0 Å². The number of nitrogens with two attached hydrogens (primary N) is 1. The number of likely N-dealkylation sites (tertiary alicyclic amines) is 1. The van der Waals surface area contributed by atoms with Gasteiger partial charge >= 0.3 is 12.1 Å². The zero-order chi connectivity index (χ0) is 51.4. The molecular weight excluding hydrogens is 889 g/mol. The van der Waals surface area contributed by atoms with E-state index in [1.807, 2.05) is 32.0 Å². The van der Waals surface area contributed by atoms with Crippen LogP contribution in [0.4, 0.5) is 15.3 Å². The Morgan fingerprint density at radius 3 is 2.13 bits per heavy atom. The molecule has 2 aromatic rings. The average Bonchev–Trinajstić information content (AvgIpc) is 3.82. The molecule has 3 rings (SSSR count). The SMILES string of the molecule is CC[C@H](C)[C@@H](C(CC(=O)N1CCC[C@H]1C(OC)[C@@H](C)C(=O)N[C@H](C)[C@@H](O)c1ccccc1)OC)N(C)C(=O)CNC(=O)[C@H](C(C)C)N(C)C(=O)OCc1ccc(NC(=O)CCCCNC(N)=O)cc1. The Bertz CT molecular complexity index is 1970. The van der Waals surface area contributed by atoms with E-state index in [-0.39, 0.29) is 55.6 Å². The first-order valence-electron chi connectivity index (χ1n) is 24.0. The van der Waals surface area contributed by atoms with Crippen LogP contribution in [0.2, 0.25) is 0 Å². The van der Waals surface area contributed by atoms with Crippen LogP contribution in [0.25, 0.3) is 0 Å². The Labute approximate surface area is 407 Å². The minimum atomic E-state index is -0.975. The number of primary amides is 1. The summed E-state index contributed by atoms with van der Waals surface area (Å²) in [5.41, 5.74) is 6.94. The second-order valence-corrected chi connectivity index (χ2v) is 18.4. The van der Waals surface area contributed by atoms with Crippen LogP contribution in [0.3, 0.4) is 0 Å². The number of aliphatic hydroxyl groups excluding tert-OH is 1. The first-order valence-corrected chi connectivity index (χ1v) is 24.0. The summed E-state index contributed by atoms with van der Waals surface area (Å²) in [5.74, 6) is -2.78. The lowest BCUT2D eigenvalue weighted by Gasteiger charge is -2.39. The van der Waals surface area contributed by atoms with Gasteiger partial charge in [-0.05, 0) is 67.7 Å². The number of carbonyl (C=O) groups excluding carboxylic acids is 7. The summed E-state index contributed by atoms with van der Waals surface area (Å²) in [7, 11) is 6.10. The van der Waals surface area contributed by atoms with Crippen LogP contribution in [0.1, 0.15) is 104 Å². The largest absolute Gasteiger partial charge is 0.445 e. The van der Waals surface area contributed by atoms with Crippen LogP contribution < -0.4 is 27.0 Å². The number of hydrogen-bond donors (Lipinski definition) is 6. The van der Waals surface area contributed by atoms with Gasteiger partial charge in [-0.3, -0.25) is 28.9 Å². The highest BCUT2D eigenvalue weighted by atomic mass is 16.6. The number of unbranched alkanes of at least 4 members (excludes halogenated alkanes) is 1. The van der Waals surface area contributed by atoms with Crippen molar-refractivity contribution in [2.75, 3.05) is 53.3 Å². The van der Waals surface area contributed by atoms with Gasteiger partial charge < -0.3 is 56.1 Å². The fraction of sp³-hybridized carbons (Fsp3) is 0.620. The normalized spacial score (nSPS) is 17.0. The van der Waals surface area contributed by atoms with Crippen LogP contribution in [-0.2, 0) is 44.8 Å². The fourth-order valence-corrected chi connectivity index (χ4v) is 8.91. The third-order valence-corrected chi connectivity index (χ3v) is 13.0. The number of benzene rings is 2. The highest BCUT2D eigenvalue weighted by molar-refractivity contribution is 5.91. The molecule has 384 valence electrons. The van der Waals surface area contributed by atoms with Crippen molar-refractivity contribution in [1.82, 2.24) is 30.7 Å². The van der Waals surface area contributed by atoms with Gasteiger partial charge in [-0.15, -0.1) is 0 Å². The summed E-state index contributed by atoms with van der Waals surface area (Å²) in [5, 5.41) is 21.8. The summed E-state index contributed by atoms with van der Waals surface area (Å²) in [6, 6.07) is 12.8. The van der Waals surface area contributed by atoms with Crippen molar-refractivity contribution in [1.29, 1.82) is 0 Å². The third-order valence-electron chi connectivity index (χ3n) is 13.0. The molecule has 0 aromatic heterocycles. The number of rotatable bonds is 27. The van der Waals surface area contributed by atoms with Crippen molar-refractivity contribution in [3.05, 3.63) is 65.7 Å². The van der Waals surface area contributed by atoms with E-state index in [2.05, 4.69) is 21.3 Å². The van der Waals surface area contributed by atoms with Crippen molar-refractivity contribution in [3.8, 4) is 0 Å². The highest BCUT2D eigenvalue weighted by Crippen LogP contribution is 2.30. The van der Waals surface area contributed by atoms with Crippen LogP contribution in [-0.4, -0.2) is 146 Å². The average molecular weight is 967 g/mol. The van der Waals surface area contributed by atoms with E-state index in [1.165, 1.54) is 31.1 Å². The van der Waals surface area contributed by atoms with Gasteiger partial charge in [0.05, 0.1) is 55.3 Å². The lowest BCUT2D eigenvalue weighted by Crippen LogP contribution is -2.56. The summed E-state index contributed by atoms with van der Waals surface area (Å²) < 4.78 is 17.4. The number of likely N-dealkylation sites (N-methyl/N-ethyl adjacent to an activating group) is 2. The van der Waals surface area contributed by atoms with E-state index < -0.39 is 72.3 Å². The number of anilines is 1. The van der Waals surface area contributed by atoms with Gasteiger partial charge in [-0.1, -0.05) is 83.5 Å². The van der Waals surface area contributed by atoms with Gasteiger partial charge in [0.15, 0.2) is 0 Å². The zero-order valence-corrected chi connectivity index (χ0v) is 42.2. The number of hydrogen-bond acceptors (Lipinski definition) is 11. The maximum atomic E-state index is 14.2. The predicted molar refractivity (Wildman–Crippen MR) is 261 cm³/mol. The second-order valence-electron chi connectivity index (χ2n) is 18.4. The van der Waals surface area contributed by atoms with Crippen LogP contribution >= 0.6 is 0 Å². The molecule has 1 saturated heterocycles. The Hall–Kier alpha value is -5.79. The van der Waals surface area contributed by atoms with Gasteiger partial charge in [0, 0.05) is 53.5 Å². The van der Waals surface area contributed by atoms with Crippen molar-refractivity contribution in [3.63, 3.8) is 0 Å². The maximum absolute atomic E-state index is 14.2. The molecule has 0 saturated carbocycles. The standard InChI is InChI=1S/C50H78N8O11/c1-11-32(4)44(39(67-9)28-41(60)58-27-17-20-38(58)46(68-10)33(5)47(63)54-34(6)45(62)36-18-13-12-14-19-36)56(7)42(61)29-53-48(64)43(31(2)3)57(8)50(66)69-30-35-22-24-37(25-23-35)55-40(59)21-15-16-26-52-49(51)65/h12-14,18-19,22-25,31-34,38-39,43-46,62H,11,15-17,20-21,26-30H2,1-10H3,(H,53,64)(H,54,63)(H,55,59)(H3,51,52,65)/t32-,33+,34+,38-,39?,43-,44-,45+,46?/m0/s1. The Morgan fingerprint density at radius 1 is 0.870 bits per heavy atom. The monoisotopic (exact) mass is 967 g/mol. The molecule has 1 fully saturated rings. The van der Waals surface area contributed by atoms with Gasteiger partial charge in [-0.25, -0.2) is 9.59 Å². The molecule has 0 aliphatic carbocycles. The van der Waals surface area contributed by atoms with E-state index in [0.717, 1.165) is 0 Å². The Balaban J connectivity index is 1.59. The minimum Gasteiger partial charge on any atom is -0.445 e. The van der Waals surface area contributed by atoms with Gasteiger partial charge in [0.2, 0.25) is 29.5 Å². The first-order chi connectivity index (χ1) is 32.7. The first kappa shape index (κ1) is 57.5.